The smallest absolute Gasteiger partial charge is 0.231 e. The third-order valence-corrected chi connectivity index (χ3v) is 5.74. The van der Waals surface area contributed by atoms with Gasteiger partial charge in [-0.25, -0.2) is 0 Å². The summed E-state index contributed by atoms with van der Waals surface area (Å²) < 4.78 is 23.4. The van der Waals surface area contributed by atoms with Gasteiger partial charge in [-0.05, 0) is 0 Å². The van der Waals surface area contributed by atoms with Gasteiger partial charge in [-0.15, -0.1) is 0 Å². The molecular weight excluding hydrogens is 280 g/mol. The second-order valence-electron chi connectivity index (χ2n) is 3.19. The van der Waals surface area contributed by atoms with Gasteiger partial charge >= 0.3 is 0 Å². The summed E-state index contributed by atoms with van der Waals surface area (Å²) in [6, 6.07) is 0. The second-order valence-corrected chi connectivity index (χ2v) is 7.41. The second kappa shape index (κ2) is 8.23. The first-order valence-electron chi connectivity index (χ1n) is 4.74. The quantitative estimate of drug-likeness (QED) is 0.0996. The Morgan fingerprint density at radius 3 is 1.44 bits per heavy atom. The molecule has 0 saturated carbocycles. The lowest BCUT2D eigenvalue weighted by Crippen LogP contribution is -2.52. The van der Waals surface area contributed by atoms with E-state index in [1.807, 2.05) is 0 Å². The van der Waals surface area contributed by atoms with E-state index in [1.54, 1.807) is 0 Å². The van der Waals surface area contributed by atoms with Crippen molar-refractivity contribution >= 4 is 32.3 Å². The van der Waals surface area contributed by atoms with Gasteiger partial charge in [0.2, 0.25) is 10.7 Å². The van der Waals surface area contributed by atoms with Crippen LogP contribution in [0.1, 0.15) is 0 Å². The van der Waals surface area contributed by atoms with Crippen molar-refractivity contribution in [2.75, 3.05) is 13.1 Å². The predicted molar refractivity (Wildman–Crippen MR) is 72.1 cm³/mol. The van der Waals surface area contributed by atoms with Gasteiger partial charge < -0.3 is 31.2 Å². The van der Waals surface area contributed by atoms with Crippen molar-refractivity contribution in [1.82, 2.24) is 10.6 Å². The Bertz CT molecular complexity index is 265. The highest BCUT2D eigenvalue weighted by Crippen LogP contribution is 2.11. The van der Waals surface area contributed by atoms with E-state index in [9.17, 15) is 9.11 Å². The van der Waals surface area contributed by atoms with Crippen LogP contribution >= 0.6 is 0 Å². The topological polar surface area (TPSA) is 222 Å². The molecule has 106 valence electrons. The predicted octanol–water partition coefficient (Wildman–Crippen LogP) is -4.07. The summed E-state index contributed by atoms with van der Waals surface area (Å²) in [5.41, 5.74) is 21.1. The van der Waals surface area contributed by atoms with Crippen LogP contribution in [0.3, 0.4) is 0 Å². The van der Waals surface area contributed by atoms with E-state index in [2.05, 4.69) is 10.6 Å². The van der Waals surface area contributed by atoms with Gasteiger partial charge in [0.25, 0.3) is 0 Å². The Balaban J connectivity index is 4.16. The molecule has 0 aromatic rings. The summed E-state index contributed by atoms with van der Waals surface area (Å²) in [6.07, 6.45) is 0. The van der Waals surface area contributed by atoms with E-state index in [-0.39, 0.29) is 25.0 Å². The highest BCUT2D eigenvalue weighted by molar-refractivity contribution is 8.67. The zero-order valence-electron chi connectivity index (χ0n) is 9.51. The molecule has 0 aromatic carbocycles. The fourth-order valence-corrected chi connectivity index (χ4v) is 3.60. The molecule has 0 amide bonds. The van der Waals surface area contributed by atoms with Crippen LogP contribution in [0.4, 0.5) is 0 Å². The van der Waals surface area contributed by atoms with E-state index >= 15 is 0 Å². The number of hydrogen-bond acceptors (Lipinski definition) is 6. The molecule has 4 unspecified atom stereocenters. The maximum absolute atomic E-state index is 11.7. The Morgan fingerprint density at radius 1 is 0.944 bits per heavy atom. The van der Waals surface area contributed by atoms with Crippen LogP contribution in [0.25, 0.3) is 0 Å². The standard InChI is InChI=1S/C6H18N8O2S2/c7-3(1-13-5(9)10)17(15)18(16)4(8)2-14-6(11)12/h3-4H,1-2,7-8H2,(H4,9,10,13)(H4,11,12,14). The third-order valence-electron chi connectivity index (χ3n) is 1.64. The molecule has 12 heteroatoms. The van der Waals surface area contributed by atoms with Crippen molar-refractivity contribution in [2.45, 2.75) is 10.7 Å². The van der Waals surface area contributed by atoms with Gasteiger partial charge in [0.05, 0.1) is 13.1 Å². The summed E-state index contributed by atoms with van der Waals surface area (Å²) >= 11 is 0. The first kappa shape index (κ1) is 17.1. The van der Waals surface area contributed by atoms with Crippen molar-refractivity contribution in [3.05, 3.63) is 0 Å². The van der Waals surface area contributed by atoms with Crippen LogP contribution in [0.2, 0.25) is 0 Å². The summed E-state index contributed by atoms with van der Waals surface area (Å²) in [7, 11) is -3.82. The van der Waals surface area contributed by atoms with E-state index in [1.165, 1.54) is 0 Å². The average molecular weight is 298 g/mol. The largest absolute Gasteiger partial charge is 0.570 e. The number of nitrogens with one attached hydrogen (secondary N) is 4. The van der Waals surface area contributed by atoms with Crippen LogP contribution < -0.4 is 33.6 Å². The zero-order valence-corrected chi connectivity index (χ0v) is 11.1. The lowest BCUT2D eigenvalue weighted by atomic mass is 10.6. The molecule has 0 aliphatic heterocycles. The number of guanidine groups is 2. The molecule has 0 fully saturated rings. The lowest BCUT2D eigenvalue weighted by Gasteiger charge is -2.21. The van der Waals surface area contributed by atoms with Gasteiger partial charge in [-0.3, -0.25) is 22.3 Å². The van der Waals surface area contributed by atoms with Gasteiger partial charge in [0.15, 0.2) is 32.3 Å². The maximum atomic E-state index is 11.7. The fraction of sp³-hybridized carbons (Fsp3) is 0.667. The lowest BCUT2D eigenvalue weighted by molar-refractivity contribution is 0.563. The van der Waals surface area contributed by atoms with Crippen molar-refractivity contribution in [1.29, 1.82) is 10.8 Å². The Morgan fingerprint density at radius 2 is 1.22 bits per heavy atom. The Hall–Kier alpha value is -0.920. The highest BCUT2D eigenvalue weighted by atomic mass is 33.2. The molecule has 12 N–H and O–H groups in total. The molecule has 0 spiro atoms. The fourth-order valence-electron chi connectivity index (χ4n) is 0.801. The average Bonchev–Trinajstić information content (AvgIpc) is 2.30. The SMILES string of the molecule is N=C(N)NCC(N)[S+]([O-])[S+]([O-])C(N)CNC(=N)N. The molecule has 10 nitrogen and oxygen atoms in total. The van der Waals surface area contributed by atoms with E-state index in [0.29, 0.717) is 0 Å². The molecule has 0 heterocycles. The molecule has 0 bridgehead atoms. The summed E-state index contributed by atoms with van der Waals surface area (Å²) in [5.74, 6) is -0.647. The summed E-state index contributed by atoms with van der Waals surface area (Å²) in [4.78, 5) is 0. The molecular formula is C6H18N8O2S2. The Labute approximate surface area is 110 Å². The van der Waals surface area contributed by atoms with Gasteiger partial charge in [0, 0.05) is 0 Å². The first-order chi connectivity index (χ1) is 8.25. The van der Waals surface area contributed by atoms with Crippen LogP contribution in [0, 0.1) is 10.8 Å². The van der Waals surface area contributed by atoms with Gasteiger partial charge in [-0.2, -0.15) is 0 Å². The number of rotatable bonds is 7. The van der Waals surface area contributed by atoms with Gasteiger partial charge in [-0.1, -0.05) is 0 Å². The van der Waals surface area contributed by atoms with Crippen LogP contribution in [0.15, 0.2) is 0 Å². The molecule has 0 aromatic heterocycles. The monoisotopic (exact) mass is 298 g/mol. The van der Waals surface area contributed by atoms with E-state index in [0.717, 1.165) is 0 Å². The molecule has 4 atom stereocenters. The minimum absolute atomic E-state index is 0.0550. The normalized spacial score (nSPS) is 17.3. The molecule has 0 rings (SSSR count). The maximum Gasteiger partial charge on any atom is 0.231 e. The minimum atomic E-state index is -1.91. The molecule has 18 heavy (non-hydrogen) atoms. The molecule has 0 aliphatic carbocycles. The minimum Gasteiger partial charge on any atom is -0.570 e. The van der Waals surface area contributed by atoms with Crippen molar-refractivity contribution < 1.29 is 9.11 Å². The summed E-state index contributed by atoms with van der Waals surface area (Å²) in [5, 5.41) is 16.6. The van der Waals surface area contributed by atoms with Crippen molar-refractivity contribution in [3.8, 4) is 0 Å². The zero-order chi connectivity index (χ0) is 14.3. The molecule has 0 radical (unpaired) electrons. The first-order valence-corrected chi connectivity index (χ1v) is 7.68. The number of nitrogens with two attached hydrogens (primary N) is 4. The molecule has 0 saturated heterocycles. The van der Waals surface area contributed by atoms with Gasteiger partial charge in [0.1, 0.15) is 0 Å². The Kier molecular flexibility index (Phi) is 7.81. The van der Waals surface area contributed by atoms with Crippen molar-refractivity contribution in [2.24, 2.45) is 22.9 Å². The molecule has 0 aliphatic rings. The summed E-state index contributed by atoms with van der Waals surface area (Å²) in [6.45, 7) is -0.110. The third kappa shape index (κ3) is 6.73. The van der Waals surface area contributed by atoms with Crippen LogP contribution in [-0.4, -0.2) is 44.9 Å². The van der Waals surface area contributed by atoms with Crippen LogP contribution in [0.5, 0.6) is 0 Å². The van der Waals surface area contributed by atoms with Crippen LogP contribution in [-0.2, 0) is 20.4 Å². The van der Waals surface area contributed by atoms with E-state index in [4.69, 9.17) is 33.8 Å². The highest BCUT2D eigenvalue weighted by Gasteiger charge is 2.37. The van der Waals surface area contributed by atoms with E-state index < -0.39 is 31.2 Å². The number of hydrogen-bond donors (Lipinski definition) is 8. The van der Waals surface area contributed by atoms with Crippen molar-refractivity contribution in [3.63, 3.8) is 0 Å².